The molecule has 1 aliphatic heterocycles. The maximum absolute atomic E-state index is 14.4. The molecule has 2 aromatic carbocycles. The van der Waals surface area contributed by atoms with E-state index in [4.69, 9.17) is 14.0 Å². The van der Waals surface area contributed by atoms with E-state index in [-0.39, 0.29) is 53.9 Å². The summed E-state index contributed by atoms with van der Waals surface area (Å²) in [6.45, 7) is 9.60. The van der Waals surface area contributed by atoms with E-state index in [0.717, 1.165) is 12.8 Å². The summed E-state index contributed by atoms with van der Waals surface area (Å²) < 4.78 is 46.6. The number of carbonyl (C=O) groups is 2. The smallest absolute Gasteiger partial charge is 0.321 e. The van der Waals surface area contributed by atoms with E-state index in [0.29, 0.717) is 35.9 Å². The van der Waals surface area contributed by atoms with E-state index in [9.17, 15) is 23.1 Å². The van der Waals surface area contributed by atoms with Crippen LogP contribution in [0, 0.1) is 19.8 Å². The van der Waals surface area contributed by atoms with Crippen LogP contribution >= 0.6 is 0 Å². The first-order chi connectivity index (χ1) is 22.8. The van der Waals surface area contributed by atoms with E-state index < -0.39 is 28.1 Å². The van der Waals surface area contributed by atoms with Gasteiger partial charge in [-0.25, -0.2) is 13.2 Å². The summed E-state index contributed by atoms with van der Waals surface area (Å²) in [5, 5.41) is 17.0. The average molecular weight is 686 g/mol. The molecule has 3 amide bonds. The van der Waals surface area contributed by atoms with Crippen molar-refractivity contribution >= 4 is 33.3 Å². The molecule has 3 aromatic rings. The molecular formula is C34H47N5O8S. The van der Waals surface area contributed by atoms with Crippen LogP contribution in [0.5, 0.6) is 5.75 Å². The molecule has 4 atom stereocenters. The maximum Gasteiger partial charge on any atom is 0.321 e. The number of aryl methyl sites for hydroxylation is 2. The van der Waals surface area contributed by atoms with Gasteiger partial charge in [0.25, 0.3) is 15.9 Å². The van der Waals surface area contributed by atoms with Crippen molar-refractivity contribution in [3.05, 3.63) is 65.5 Å². The molecule has 0 aliphatic carbocycles. The number of anilines is 2. The molecule has 0 saturated carbocycles. The molecule has 3 N–H and O–H groups in total. The second-order valence-corrected chi connectivity index (χ2v) is 14.1. The molecule has 0 unspecified atom stereocenters. The molecule has 0 spiro atoms. The summed E-state index contributed by atoms with van der Waals surface area (Å²) in [5.41, 5.74) is 1.44. The Balaban J connectivity index is 1.63. The maximum atomic E-state index is 14.4. The molecule has 2 heterocycles. The van der Waals surface area contributed by atoms with Gasteiger partial charge in [0.15, 0.2) is 5.76 Å². The number of hydrogen-bond donors (Lipinski definition) is 3. The topological polar surface area (TPSA) is 164 Å². The van der Waals surface area contributed by atoms with Crippen LogP contribution in [0.4, 0.5) is 16.2 Å². The van der Waals surface area contributed by atoms with E-state index in [1.807, 2.05) is 13.8 Å². The van der Waals surface area contributed by atoms with Crippen molar-refractivity contribution in [2.45, 2.75) is 77.0 Å². The lowest BCUT2D eigenvalue weighted by Gasteiger charge is -2.35. The molecule has 262 valence electrons. The Morgan fingerprint density at radius 2 is 1.88 bits per heavy atom. The molecule has 14 heteroatoms. The number of aliphatic hydroxyl groups excluding tert-OH is 1. The third-order valence-corrected chi connectivity index (χ3v) is 9.82. The van der Waals surface area contributed by atoms with Gasteiger partial charge in [-0.05, 0) is 77.3 Å². The zero-order valence-electron chi connectivity index (χ0n) is 28.4. The Morgan fingerprint density at radius 3 is 2.54 bits per heavy atom. The van der Waals surface area contributed by atoms with Gasteiger partial charge in [-0.15, -0.1) is 0 Å². The molecule has 0 bridgehead atoms. The number of fused-ring (bicyclic) bond motifs is 1. The predicted molar refractivity (Wildman–Crippen MR) is 182 cm³/mol. The van der Waals surface area contributed by atoms with E-state index in [2.05, 4.69) is 15.2 Å². The van der Waals surface area contributed by atoms with Crippen molar-refractivity contribution in [3.8, 4) is 5.75 Å². The summed E-state index contributed by atoms with van der Waals surface area (Å²) >= 11 is 0. The van der Waals surface area contributed by atoms with Gasteiger partial charge in [-0.1, -0.05) is 30.3 Å². The Kier molecular flexibility index (Phi) is 12.5. The monoisotopic (exact) mass is 685 g/mol. The molecule has 48 heavy (non-hydrogen) atoms. The zero-order chi connectivity index (χ0) is 35.0. The van der Waals surface area contributed by atoms with Gasteiger partial charge in [0, 0.05) is 38.3 Å². The number of rotatable bonds is 8. The van der Waals surface area contributed by atoms with E-state index >= 15 is 0 Å². The minimum Gasteiger partial charge on any atom is -0.490 e. The summed E-state index contributed by atoms with van der Waals surface area (Å²) in [4.78, 5) is 30.7. The number of nitrogens with one attached hydrogen (secondary N) is 2. The average Bonchev–Trinajstić information content (AvgIpc) is 3.38. The number of amides is 3. The SMILES string of the molecule is Cc1noc(C)c1NC(=O)N(C)C[C@H]1OCCCC[C@H](C)Oc2ccc(NS(=O)(=O)c3ccccc3)cc2C(=O)N([C@@H](C)CO)C[C@H]1C. The van der Waals surface area contributed by atoms with Crippen LogP contribution in [0.2, 0.25) is 0 Å². The van der Waals surface area contributed by atoms with Crippen LogP contribution in [0.25, 0.3) is 0 Å². The minimum absolute atomic E-state index is 0.0852. The lowest BCUT2D eigenvalue weighted by molar-refractivity contribution is -0.0115. The number of ether oxygens (including phenoxy) is 2. The molecule has 0 saturated heterocycles. The van der Waals surface area contributed by atoms with Gasteiger partial charge in [0.05, 0.1) is 35.3 Å². The molecular weight excluding hydrogens is 638 g/mol. The van der Waals surface area contributed by atoms with Gasteiger partial charge < -0.3 is 34.2 Å². The Labute approximate surface area is 282 Å². The fourth-order valence-electron chi connectivity index (χ4n) is 5.48. The van der Waals surface area contributed by atoms with Gasteiger partial charge in [0.1, 0.15) is 17.1 Å². The predicted octanol–water partition coefficient (Wildman–Crippen LogP) is 5.05. The lowest BCUT2D eigenvalue weighted by Crippen LogP contribution is -2.48. The number of likely N-dealkylation sites (N-methyl/N-ethyl adjacent to an activating group) is 1. The summed E-state index contributed by atoms with van der Waals surface area (Å²) in [6.07, 6.45) is 1.55. The molecule has 0 radical (unpaired) electrons. The van der Waals surface area contributed by atoms with Crippen molar-refractivity contribution in [2.75, 3.05) is 43.4 Å². The second kappa shape index (κ2) is 16.3. The number of carbonyl (C=O) groups excluding carboxylic acids is 2. The Bertz CT molecular complexity index is 1630. The number of aliphatic hydroxyl groups is 1. The number of aromatic nitrogens is 1. The largest absolute Gasteiger partial charge is 0.490 e. The van der Waals surface area contributed by atoms with Crippen LogP contribution in [0.3, 0.4) is 0 Å². The van der Waals surface area contributed by atoms with Crippen molar-refractivity contribution < 1.29 is 37.1 Å². The summed E-state index contributed by atoms with van der Waals surface area (Å²) in [7, 11) is -2.26. The highest BCUT2D eigenvalue weighted by atomic mass is 32.2. The van der Waals surface area contributed by atoms with Gasteiger partial charge in [-0.3, -0.25) is 9.52 Å². The van der Waals surface area contributed by atoms with Crippen molar-refractivity contribution in [2.24, 2.45) is 5.92 Å². The van der Waals surface area contributed by atoms with Crippen LogP contribution in [-0.4, -0.2) is 92.0 Å². The van der Waals surface area contributed by atoms with Crippen molar-refractivity contribution in [1.82, 2.24) is 15.0 Å². The van der Waals surface area contributed by atoms with Crippen LogP contribution < -0.4 is 14.8 Å². The number of sulfonamides is 1. The molecule has 1 aliphatic rings. The number of urea groups is 1. The first kappa shape index (κ1) is 36.7. The van der Waals surface area contributed by atoms with Crippen molar-refractivity contribution in [1.29, 1.82) is 0 Å². The quantitative estimate of drug-likeness (QED) is 0.294. The molecule has 0 fully saturated rings. The third-order valence-electron chi connectivity index (χ3n) is 8.42. The fraction of sp³-hybridized carbons (Fsp3) is 0.500. The highest BCUT2D eigenvalue weighted by Gasteiger charge is 2.31. The number of nitrogens with zero attached hydrogens (tertiary/aromatic N) is 3. The van der Waals surface area contributed by atoms with Gasteiger partial charge >= 0.3 is 6.03 Å². The van der Waals surface area contributed by atoms with Crippen LogP contribution in [0.15, 0.2) is 57.9 Å². The second-order valence-electron chi connectivity index (χ2n) is 12.4. The third kappa shape index (κ3) is 9.26. The molecule has 13 nitrogen and oxygen atoms in total. The Morgan fingerprint density at radius 1 is 1.15 bits per heavy atom. The van der Waals surface area contributed by atoms with E-state index in [1.54, 1.807) is 63.1 Å². The van der Waals surface area contributed by atoms with E-state index in [1.165, 1.54) is 23.1 Å². The summed E-state index contributed by atoms with van der Waals surface area (Å²) in [5.74, 6) is 0.104. The highest BCUT2D eigenvalue weighted by Crippen LogP contribution is 2.30. The van der Waals surface area contributed by atoms with Gasteiger partial charge in [-0.2, -0.15) is 0 Å². The van der Waals surface area contributed by atoms with Crippen LogP contribution in [0.1, 0.15) is 61.8 Å². The normalized spacial score (nSPS) is 20.2. The standard InChI is InChI=1S/C34H47N5O8S/c1-22-19-39(23(2)21-40)33(41)29-18-27(37-48(43,44)28-13-8-7-9-14-28)15-16-30(29)46-24(3)12-10-11-17-45-31(22)20-38(6)34(42)35-32-25(4)36-47-26(32)5/h7-9,13-16,18,22-24,31,37,40H,10-12,17,19-21H2,1-6H3,(H,35,42)/t22-,23+,24+,31-/m1/s1. The summed E-state index contributed by atoms with van der Waals surface area (Å²) in [6, 6.07) is 11.6. The zero-order valence-corrected chi connectivity index (χ0v) is 29.2. The van der Waals surface area contributed by atoms with Crippen LogP contribution in [-0.2, 0) is 14.8 Å². The molecule has 1 aromatic heterocycles. The highest BCUT2D eigenvalue weighted by molar-refractivity contribution is 7.92. The van der Waals surface area contributed by atoms with Gasteiger partial charge in [0.2, 0.25) is 0 Å². The minimum atomic E-state index is -3.93. The fourth-order valence-corrected chi connectivity index (χ4v) is 6.55. The van der Waals surface area contributed by atoms with Crippen molar-refractivity contribution in [3.63, 3.8) is 0 Å². The number of benzene rings is 2. The number of hydrogen-bond acceptors (Lipinski definition) is 9. The molecule has 4 rings (SSSR count). The first-order valence-electron chi connectivity index (χ1n) is 16.2. The Hall–Kier alpha value is -4.14. The lowest BCUT2D eigenvalue weighted by atomic mass is 10.0. The first-order valence-corrected chi connectivity index (χ1v) is 17.7.